The van der Waals surface area contributed by atoms with Crippen molar-refractivity contribution in [3.05, 3.63) is 27.1 Å². The number of carbonyl (C=O) groups is 1. The first-order valence-corrected chi connectivity index (χ1v) is 7.58. The average molecular weight is 296 g/mol. The van der Waals surface area contributed by atoms with E-state index in [0.717, 1.165) is 42.0 Å². The maximum atomic E-state index is 11.5. The summed E-state index contributed by atoms with van der Waals surface area (Å²) in [5.41, 5.74) is 0. The first-order valence-electron chi connectivity index (χ1n) is 6.76. The number of nitrogens with zero attached hydrogens (tertiary/aromatic N) is 2. The van der Waals surface area contributed by atoms with Gasteiger partial charge in [-0.2, -0.15) is 0 Å². The Balaban J connectivity index is 1.75. The van der Waals surface area contributed by atoms with E-state index in [1.807, 2.05) is 4.90 Å². The number of carboxylic acids is 1. The van der Waals surface area contributed by atoms with Gasteiger partial charge in [0.15, 0.2) is 0 Å². The van der Waals surface area contributed by atoms with Crippen molar-refractivity contribution in [3.8, 4) is 0 Å². The largest absolute Gasteiger partial charge is 0.480 e. The maximum absolute atomic E-state index is 11.5. The van der Waals surface area contributed by atoms with Crippen LogP contribution in [0, 0.1) is 22.0 Å². The zero-order valence-corrected chi connectivity index (χ0v) is 11.7. The van der Waals surface area contributed by atoms with Gasteiger partial charge in [-0.15, -0.1) is 0 Å². The van der Waals surface area contributed by atoms with Gasteiger partial charge in [-0.1, -0.05) is 17.8 Å². The van der Waals surface area contributed by atoms with Gasteiger partial charge in [-0.25, -0.2) is 0 Å². The lowest BCUT2D eigenvalue weighted by Crippen LogP contribution is -2.38. The van der Waals surface area contributed by atoms with Crippen molar-refractivity contribution in [1.82, 2.24) is 4.90 Å². The summed E-state index contributed by atoms with van der Waals surface area (Å²) in [6.45, 7) is 1.30. The van der Waals surface area contributed by atoms with Crippen LogP contribution in [0.25, 0.3) is 0 Å². The van der Waals surface area contributed by atoms with Crippen LogP contribution in [0.3, 0.4) is 0 Å². The zero-order chi connectivity index (χ0) is 14.3. The molecule has 6 nitrogen and oxygen atoms in total. The minimum absolute atomic E-state index is 0.117. The smallest absolute Gasteiger partial charge is 0.324 e. The number of hydrogen-bond acceptors (Lipinski definition) is 5. The molecule has 20 heavy (non-hydrogen) atoms. The average Bonchev–Trinajstić information content (AvgIpc) is 3.02. The van der Waals surface area contributed by atoms with Gasteiger partial charge in [0.25, 0.3) is 0 Å². The van der Waals surface area contributed by atoms with Crippen LogP contribution >= 0.6 is 11.3 Å². The van der Waals surface area contributed by atoms with E-state index in [4.69, 9.17) is 0 Å². The predicted molar refractivity (Wildman–Crippen MR) is 73.6 cm³/mol. The van der Waals surface area contributed by atoms with E-state index in [1.54, 1.807) is 6.07 Å². The number of aliphatic carboxylic acids is 1. The monoisotopic (exact) mass is 296 g/mol. The van der Waals surface area contributed by atoms with E-state index in [1.165, 1.54) is 6.07 Å². The Morgan fingerprint density at radius 3 is 2.95 bits per heavy atom. The summed E-state index contributed by atoms with van der Waals surface area (Å²) >= 11 is 1.14. The summed E-state index contributed by atoms with van der Waals surface area (Å²) in [5, 5.41) is 20.3. The minimum atomic E-state index is -0.759. The highest BCUT2D eigenvalue weighted by atomic mass is 32.1. The molecule has 2 aliphatic rings. The molecule has 0 aromatic carbocycles. The number of hydrogen-bond donors (Lipinski definition) is 1. The number of likely N-dealkylation sites (tertiary alicyclic amines) is 1. The number of thiophene rings is 1. The maximum Gasteiger partial charge on any atom is 0.324 e. The molecule has 0 bridgehead atoms. The molecule has 3 unspecified atom stereocenters. The van der Waals surface area contributed by atoms with Crippen LogP contribution < -0.4 is 0 Å². The highest BCUT2D eigenvalue weighted by Gasteiger charge is 2.47. The Morgan fingerprint density at radius 2 is 2.30 bits per heavy atom. The molecule has 1 aliphatic carbocycles. The first-order chi connectivity index (χ1) is 9.56. The van der Waals surface area contributed by atoms with Crippen LogP contribution in [-0.2, 0) is 11.3 Å². The molecule has 3 rings (SSSR count). The lowest BCUT2D eigenvalue weighted by atomic mass is 9.94. The van der Waals surface area contributed by atoms with Gasteiger partial charge in [0.2, 0.25) is 0 Å². The van der Waals surface area contributed by atoms with Crippen molar-refractivity contribution in [1.29, 1.82) is 0 Å². The highest BCUT2D eigenvalue weighted by molar-refractivity contribution is 7.15. The van der Waals surface area contributed by atoms with E-state index < -0.39 is 16.9 Å². The molecule has 1 saturated carbocycles. The lowest BCUT2D eigenvalue weighted by Gasteiger charge is -2.23. The topological polar surface area (TPSA) is 83.7 Å². The molecule has 1 saturated heterocycles. The molecule has 1 aliphatic heterocycles. The Kier molecular flexibility index (Phi) is 3.47. The fourth-order valence-corrected chi connectivity index (χ4v) is 4.49. The van der Waals surface area contributed by atoms with Gasteiger partial charge in [-0.05, 0) is 30.7 Å². The normalized spacial score (nSPS) is 29.5. The molecule has 0 radical (unpaired) electrons. The summed E-state index contributed by atoms with van der Waals surface area (Å²) in [7, 11) is 0. The minimum Gasteiger partial charge on any atom is -0.480 e. The second kappa shape index (κ2) is 5.14. The van der Waals surface area contributed by atoms with Crippen molar-refractivity contribution >= 4 is 22.3 Å². The Bertz CT molecular complexity index is 544. The fraction of sp³-hybridized carbons (Fsp3) is 0.615. The quantitative estimate of drug-likeness (QED) is 0.681. The van der Waals surface area contributed by atoms with Gasteiger partial charge in [0.1, 0.15) is 6.04 Å². The van der Waals surface area contributed by atoms with E-state index >= 15 is 0 Å². The third-order valence-electron chi connectivity index (χ3n) is 4.43. The predicted octanol–water partition coefficient (Wildman–Crippen LogP) is 2.34. The summed E-state index contributed by atoms with van der Waals surface area (Å²) in [6.07, 6.45) is 3.22. The van der Waals surface area contributed by atoms with Gasteiger partial charge in [0.05, 0.1) is 4.92 Å². The number of carboxylic acid groups (broad SMARTS) is 1. The van der Waals surface area contributed by atoms with E-state index in [2.05, 4.69) is 0 Å². The summed E-state index contributed by atoms with van der Waals surface area (Å²) < 4.78 is 0. The van der Waals surface area contributed by atoms with Gasteiger partial charge in [-0.3, -0.25) is 19.8 Å². The molecule has 1 aromatic rings. The van der Waals surface area contributed by atoms with Gasteiger partial charge < -0.3 is 5.11 Å². The van der Waals surface area contributed by atoms with E-state index in [-0.39, 0.29) is 10.9 Å². The van der Waals surface area contributed by atoms with Crippen LogP contribution in [0.5, 0.6) is 0 Å². The number of nitro groups is 1. The molecule has 1 aromatic heterocycles. The van der Waals surface area contributed by atoms with Gasteiger partial charge in [0, 0.05) is 24.0 Å². The molecule has 0 spiro atoms. The van der Waals surface area contributed by atoms with Crippen molar-refractivity contribution in [2.75, 3.05) is 6.54 Å². The molecule has 7 heteroatoms. The van der Waals surface area contributed by atoms with Crippen molar-refractivity contribution in [2.24, 2.45) is 11.8 Å². The van der Waals surface area contributed by atoms with Crippen LogP contribution in [0.1, 0.15) is 24.1 Å². The molecular weight excluding hydrogens is 280 g/mol. The molecular formula is C13H16N2O4S. The lowest BCUT2D eigenvalue weighted by molar-refractivity contribution is -0.380. The second-order valence-electron chi connectivity index (χ2n) is 5.56. The number of rotatable bonds is 4. The molecule has 0 amide bonds. The standard InChI is InChI=1S/C13H16N2O4S/c16-13(17)12-10-3-1-2-8(10)6-14(12)7-9-4-5-11(20-9)15(18)19/h4-5,8,10,12H,1-3,6-7H2,(H,16,17). The highest BCUT2D eigenvalue weighted by Crippen LogP contribution is 2.43. The molecule has 1 N–H and O–H groups in total. The van der Waals surface area contributed by atoms with Crippen molar-refractivity contribution in [2.45, 2.75) is 31.8 Å². The summed E-state index contributed by atoms with van der Waals surface area (Å²) in [5.74, 6) is -0.0287. The van der Waals surface area contributed by atoms with Gasteiger partial charge >= 0.3 is 11.0 Å². The van der Waals surface area contributed by atoms with E-state index in [0.29, 0.717) is 12.5 Å². The third-order valence-corrected chi connectivity index (χ3v) is 5.45. The Hall–Kier alpha value is -1.47. The third kappa shape index (κ3) is 2.31. The SMILES string of the molecule is O=C(O)C1C2CCCC2CN1Cc1ccc([N+](=O)[O-])s1. The summed E-state index contributed by atoms with van der Waals surface area (Å²) in [6, 6.07) is 2.80. The fourth-order valence-electron chi connectivity index (χ4n) is 3.65. The first kappa shape index (κ1) is 13.5. The Morgan fingerprint density at radius 1 is 1.50 bits per heavy atom. The van der Waals surface area contributed by atoms with E-state index in [9.17, 15) is 20.0 Å². The zero-order valence-electron chi connectivity index (χ0n) is 10.9. The Labute approximate surface area is 120 Å². The molecule has 2 heterocycles. The molecule has 108 valence electrons. The van der Waals surface area contributed by atoms with Crippen molar-refractivity contribution in [3.63, 3.8) is 0 Å². The van der Waals surface area contributed by atoms with Crippen LogP contribution in [0.15, 0.2) is 12.1 Å². The van der Waals surface area contributed by atoms with Crippen LogP contribution in [-0.4, -0.2) is 33.5 Å². The summed E-state index contributed by atoms with van der Waals surface area (Å²) in [4.78, 5) is 24.6. The van der Waals surface area contributed by atoms with Crippen LogP contribution in [0.2, 0.25) is 0 Å². The number of fused-ring (bicyclic) bond motifs is 1. The second-order valence-corrected chi connectivity index (χ2v) is 6.71. The van der Waals surface area contributed by atoms with Crippen LogP contribution in [0.4, 0.5) is 5.00 Å². The molecule has 3 atom stereocenters. The molecule has 2 fully saturated rings. The van der Waals surface area contributed by atoms with Crippen molar-refractivity contribution < 1.29 is 14.8 Å².